The van der Waals surface area contributed by atoms with Gasteiger partial charge in [0.2, 0.25) is 0 Å². The van der Waals surface area contributed by atoms with E-state index in [0.717, 1.165) is 26.2 Å². The van der Waals surface area contributed by atoms with Crippen molar-refractivity contribution >= 4 is 11.9 Å². The van der Waals surface area contributed by atoms with Gasteiger partial charge in [-0.25, -0.2) is 9.59 Å². The van der Waals surface area contributed by atoms with Gasteiger partial charge >= 0.3 is 11.9 Å². The number of aliphatic carboxylic acids is 2. The minimum atomic E-state index is -1.26. The third-order valence-corrected chi connectivity index (χ3v) is 1.33. The maximum atomic E-state index is 9.55. The molecule has 0 atom stereocenters. The monoisotopic (exact) mass is 202 g/mol. The molecule has 1 saturated heterocycles. The lowest BCUT2D eigenvalue weighted by Crippen LogP contribution is -2.39. The van der Waals surface area contributed by atoms with Crippen molar-refractivity contribution < 1.29 is 19.8 Å². The topological polar surface area (TPSA) is 98.7 Å². The Kier molecular flexibility index (Phi) is 7.39. The van der Waals surface area contributed by atoms with Crippen molar-refractivity contribution in [3.8, 4) is 0 Å². The van der Waals surface area contributed by atoms with Crippen molar-refractivity contribution in [1.29, 1.82) is 0 Å². The molecule has 0 spiro atoms. The number of hydrogen-bond acceptors (Lipinski definition) is 4. The fraction of sp³-hybridized carbons (Fsp3) is 0.500. The molecule has 6 nitrogen and oxygen atoms in total. The van der Waals surface area contributed by atoms with Crippen molar-refractivity contribution in [2.75, 3.05) is 26.2 Å². The lowest BCUT2D eigenvalue weighted by molar-refractivity contribution is -0.134. The molecule has 1 rings (SSSR count). The van der Waals surface area contributed by atoms with E-state index < -0.39 is 11.9 Å². The molecule has 1 heterocycles. The van der Waals surface area contributed by atoms with Gasteiger partial charge in [0, 0.05) is 38.3 Å². The molecular formula is C8H14N2O4. The van der Waals surface area contributed by atoms with Crippen LogP contribution in [0.1, 0.15) is 0 Å². The van der Waals surface area contributed by atoms with Crippen molar-refractivity contribution in [3.63, 3.8) is 0 Å². The Hall–Kier alpha value is -1.40. The Morgan fingerprint density at radius 2 is 1.14 bits per heavy atom. The molecule has 0 aromatic rings. The second kappa shape index (κ2) is 8.21. The highest BCUT2D eigenvalue weighted by molar-refractivity contribution is 5.89. The van der Waals surface area contributed by atoms with Crippen LogP contribution in [0, 0.1) is 0 Å². The maximum Gasteiger partial charge on any atom is 0.328 e. The van der Waals surface area contributed by atoms with Gasteiger partial charge in [0.1, 0.15) is 0 Å². The van der Waals surface area contributed by atoms with Gasteiger partial charge in [0.05, 0.1) is 0 Å². The highest BCUT2D eigenvalue weighted by Crippen LogP contribution is 1.70. The SMILES string of the molecule is C1CNCCN1.O=C(O)/C=C\C(=O)O. The predicted molar refractivity (Wildman–Crippen MR) is 50.2 cm³/mol. The Morgan fingerprint density at radius 1 is 0.857 bits per heavy atom. The molecule has 0 saturated carbocycles. The molecule has 14 heavy (non-hydrogen) atoms. The van der Waals surface area contributed by atoms with Crippen LogP contribution >= 0.6 is 0 Å². The lowest BCUT2D eigenvalue weighted by atomic mass is 10.4. The number of carboxylic acids is 2. The number of carbonyl (C=O) groups is 2. The smallest absolute Gasteiger partial charge is 0.328 e. The van der Waals surface area contributed by atoms with Crippen LogP contribution in [0.15, 0.2) is 12.2 Å². The van der Waals surface area contributed by atoms with Crippen LogP contribution in [0.25, 0.3) is 0 Å². The van der Waals surface area contributed by atoms with E-state index in [4.69, 9.17) is 10.2 Å². The van der Waals surface area contributed by atoms with Crippen LogP contribution in [-0.4, -0.2) is 48.3 Å². The summed E-state index contributed by atoms with van der Waals surface area (Å²) in [5.41, 5.74) is 0. The molecule has 0 aromatic carbocycles. The Labute approximate surface area is 81.6 Å². The van der Waals surface area contributed by atoms with Crippen molar-refractivity contribution in [3.05, 3.63) is 12.2 Å². The normalized spacial score (nSPS) is 15.7. The molecule has 0 aromatic heterocycles. The van der Waals surface area contributed by atoms with Gasteiger partial charge in [0.15, 0.2) is 0 Å². The average Bonchev–Trinajstić information content (AvgIpc) is 2.18. The predicted octanol–water partition coefficient (Wildman–Crippen LogP) is -1.11. The minimum Gasteiger partial charge on any atom is -0.478 e. The van der Waals surface area contributed by atoms with E-state index in [9.17, 15) is 9.59 Å². The van der Waals surface area contributed by atoms with Gasteiger partial charge in [-0.2, -0.15) is 0 Å². The third kappa shape index (κ3) is 10.6. The van der Waals surface area contributed by atoms with E-state index >= 15 is 0 Å². The third-order valence-electron chi connectivity index (χ3n) is 1.33. The number of carboxylic acid groups (broad SMARTS) is 2. The van der Waals surface area contributed by atoms with Gasteiger partial charge in [-0.05, 0) is 0 Å². The van der Waals surface area contributed by atoms with E-state index in [-0.39, 0.29) is 0 Å². The van der Waals surface area contributed by atoms with Crippen LogP contribution in [0.5, 0.6) is 0 Å². The summed E-state index contributed by atoms with van der Waals surface area (Å²) in [5, 5.41) is 22.1. The Balaban J connectivity index is 0.000000249. The molecule has 4 N–H and O–H groups in total. The summed E-state index contributed by atoms with van der Waals surface area (Å²) < 4.78 is 0. The molecule has 1 fully saturated rings. The summed E-state index contributed by atoms with van der Waals surface area (Å²) in [6.45, 7) is 4.56. The molecule has 0 bridgehead atoms. The zero-order chi connectivity index (χ0) is 10.8. The Bertz CT molecular complexity index is 184. The first-order valence-electron chi connectivity index (χ1n) is 4.18. The number of hydrogen-bond donors (Lipinski definition) is 4. The second-order valence-corrected chi connectivity index (χ2v) is 2.51. The fourth-order valence-corrected chi connectivity index (χ4v) is 0.746. The van der Waals surface area contributed by atoms with Crippen LogP contribution in [0.2, 0.25) is 0 Å². The van der Waals surface area contributed by atoms with E-state index in [1.165, 1.54) is 0 Å². The minimum absolute atomic E-state index is 0.558. The lowest BCUT2D eigenvalue weighted by Gasteiger charge is -2.11. The molecule has 0 aliphatic carbocycles. The highest BCUT2D eigenvalue weighted by atomic mass is 16.4. The van der Waals surface area contributed by atoms with Crippen LogP contribution in [0.3, 0.4) is 0 Å². The van der Waals surface area contributed by atoms with E-state index in [1.54, 1.807) is 0 Å². The molecule has 0 radical (unpaired) electrons. The molecule has 1 aliphatic heterocycles. The summed E-state index contributed by atoms with van der Waals surface area (Å²) in [5.74, 6) is -2.51. The van der Waals surface area contributed by atoms with Crippen LogP contribution < -0.4 is 10.6 Å². The molecule has 0 unspecified atom stereocenters. The summed E-state index contributed by atoms with van der Waals surface area (Å²) >= 11 is 0. The number of piperazine rings is 1. The van der Waals surface area contributed by atoms with Crippen molar-refractivity contribution in [2.45, 2.75) is 0 Å². The zero-order valence-electron chi connectivity index (χ0n) is 7.69. The van der Waals surface area contributed by atoms with E-state index in [0.29, 0.717) is 12.2 Å². The molecule has 6 heteroatoms. The molecular weight excluding hydrogens is 188 g/mol. The van der Waals surface area contributed by atoms with Gasteiger partial charge in [0.25, 0.3) is 0 Å². The number of nitrogens with one attached hydrogen (secondary N) is 2. The quantitative estimate of drug-likeness (QED) is 0.424. The van der Waals surface area contributed by atoms with Gasteiger partial charge in [-0.1, -0.05) is 0 Å². The first kappa shape index (κ1) is 12.6. The van der Waals surface area contributed by atoms with Gasteiger partial charge in [-0.3, -0.25) is 0 Å². The van der Waals surface area contributed by atoms with Crippen LogP contribution in [0.4, 0.5) is 0 Å². The van der Waals surface area contributed by atoms with Crippen molar-refractivity contribution in [2.24, 2.45) is 0 Å². The number of rotatable bonds is 2. The van der Waals surface area contributed by atoms with Crippen molar-refractivity contribution in [1.82, 2.24) is 10.6 Å². The standard InChI is InChI=1S/C4H10N2.C4H4O4/c1-2-6-4-3-5-1;5-3(6)1-2-4(7)8/h5-6H,1-4H2;1-2H,(H,5,6)(H,7,8)/b;2-1-. The average molecular weight is 202 g/mol. The summed E-state index contributed by atoms with van der Waals surface area (Å²) in [7, 11) is 0. The summed E-state index contributed by atoms with van der Waals surface area (Å²) in [6, 6.07) is 0. The molecule has 80 valence electrons. The second-order valence-electron chi connectivity index (χ2n) is 2.51. The van der Waals surface area contributed by atoms with Gasteiger partial charge in [-0.15, -0.1) is 0 Å². The molecule has 1 aliphatic rings. The zero-order valence-corrected chi connectivity index (χ0v) is 7.69. The first-order chi connectivity index (χ1) is 6.63. The van der Waals surface area contributed by atoms with Crippen LogP contribution in [-0.2, 0) is 9.59 Å². The first-order valence-corrected chi connectivity index (χ1v) is 4.18. The van der Waals surface area contributed by atoms with E-state index in [1.807, 2.05) is 0 Å². The fourth-order valence-electron chi connectivity index (χ4n) is 0.746. The molecule has 0 amide bonds. The summed E-state index contributed by atoms with van der Waals surface area (Å²) in [6.07, 6.45) is 1.12. The maximum absolute atomic E-state index is 9.55. The largest absolute Gasteiger partial charge is 0.478 e. The summed E-state index contributed by atoms with van der Waals surface area (Å²) in [4.78, 5) is 19.1. The highest BCUT2D eigenvalue weighted by Gasteiger charge is 1.91. The van der Waals surface area contributed by atoms with E-state index in [2.05, 4.69) is 10.6 Å². The van der Waals surface area contributed by atoms with Gasteiger partial charge < -0.3 is 20.8 Å². The Morgan fingerprint density at radius 3 is 1.29 bits per heavy atom.